The lowest BCUT2D eigenvalue weighted by Crippen LogP contribution is -2.04. The van der Waals surface area contributed by atoms with Crippen LogP contribution in [0.3, 0.4) is 0 Å². The van der Waals surface area contributed by atoms with Crippen LogP contribution in [0.5, 0.6) is 0 Å². The number of allylic oxidation sites excluding steroid dienone is 5. The summed E-state index contributed by atoms with van der Waals surface area (Å²) in [5, 5.41) is 2.90. The van der Waals surface area contributed by atoms with Crippen molar-refractivity contribution in [2.45, 2.75) is 20.3 Å². The Balaban J connectivity index is 0.000000333. The first-order valence-electron chi connectivity index (χ1n) is 7.99. The van der Waals surface area contributed by atoms with E-state index in [0.29, 0.717) is 5.84 Å². The van der Waals surface area contributed by atoms with Gasteiger partial charge >= 0.3 is 0 Å². The number of rotatable bonds is 5. The van der Waals surface area contributed by atoms with E-state index in [1.807, 2.05) is 43.5 Å². The van der Waals surface area contributed by atoms with Gasteiger partial charge in [-0.1, -0.05) is 56.5 Å². The highest BCUT2D eigenvalue weighted by molar-refractivity contribution is 7.83. The normalized spacial score (nSPS) is 12.0. The van der Waals surface area contributed by atoms with E-state index >= 15 is 0 Å². The monoisotopic (exact) mass is 351 g/mol. The molecule has 1 heterocycles. The molecule has 2 aromatic rings. The third kappa shape index (κ3) is 7.23. The van der Waals surface area contributed by atoms with Crippen LogP contribution in [0.15, 0.2) is 84.0 Å². The first-order chi connectivity index (χ1) is 12.0. The molecule has 0 fully saturated rings. The summed E-state index contributed by atoms with van der Waals surface area (Å²) in [5.74, 6) is 0.580. The minimum Gasteiger partial charge on any atom is -0.387 e. The van der Waals surface area contributed by atoms with Crippen molar-refractivity contribution in [3.05, 3.63) is 84.6 Å². The lowest BCUT2D eigenvalue weighted by Gasteiger charge is -2.03. The van der Waals surface area contributed by atoms with E-state index < -0.39 is 0 Å². The van der Waals surface area contributed by atoms with Crippen LogP contribution in [0.25, 0.3) is 16.5 Å². The van der Waals surface area contributed by atoms with Gasteiger partial charge in [0.05, 0.1) is 11.4 Å². The molecular weight excluding hydrogens is 326 g/mol. The summed E-state index contributed by atoms with van der Waals surface area (Å²) in [6.07, 6.45) is 8.32. The molecule has 25 heavy (non-hydrogen) atoms. The number of fused-ring (bicyclic) bond motifs is 1. The molecule has 4 heteroatoms. The second-order valence-electron chi connectivity index (χ2n) is 5.27. The molecule has 0 aliphatic rings. The van der Waals surface area contributed by atoms with Gasteiger partial charge in [0, 0.05) is 22.8 Å². The summed E-state index contributed by atoms with van der Waals surface area (Å²) >= 11 is 4.22. The molecule has 3 nitrogen and oxygen atoms in total. The Kier molecular flexibility index (Phi) is 9.04. The van der Waals surface area contributed by atoms with Gasteiger partial charge in [-0.3, -0.25) is 4.98 Å². The van der Waals surface area contributed by atoms with Crippen LogP contribution in [-0.2, 0) is 0 Å². The number of pyridine rings is 1. The van der Waals surface area contributed by atoms with Gasteiger partial charge in [-0.15, -0.1) is 0 Å². The fraction of sp³-hybridized carbons (Fsp3) is 0.143. The fourth-order valence-electron chi connectivity index (χ4n) is 1.94. The Morgan fingerprint density at radius 3 is 2.64 bits per heavy atom. The van der Waals surface area contributed by atoms with Gasteiger partial charge in [-0.05, 0) is 36.5 Å². The highest BCUT2D eigenvalue weighted by Crippen LogP contribution is 2.20. The second kappa shape index (κ2) is 11.0. The Morgan fingerprint density at radius 2 is 2.08 bits per heavy atom. The Hall–Kier alpha value is -2.59. The highest BCUT2D eigenvalue weighted by Gasteiger charge is 2.00. The van der Waals surface area contributed by atoms with Gasteiger partial charge in [0.15, 0.2) is 0 Å². The number of hydrogen-bond acceptors (Lipinski definition) is 3. The van der Waals surface area contributed by atoms with Crippen LogP contribution in [0.1, 0.15) is 25.8 Å². The predicted molar refractivity (Wildman–Crippen MR) is 115 cm³/mol. The second-order valence-corrected chi connectivity index (χ2v) is 5.53. The van der Waals surface area contributed by atoms with E-state index in [1.165, 1.54) is 0 Å². The molecule has 0 radical (unpaired) electrons. The van der Waals surface area contributed by atoms with Gasteiger partial charge in [0.2, 0.25) is 0 Å². The molecule has 0 bridgehead atoms. The number of para-hydroxylation sites is 1. The third-order valence-corrected chi connectivity index (χ3v) is 3.50. The molecule has 2 rings (SSSR count). The Bertz CT molecular complexity index is 813. The standard InChI is InChI=1S/C15H13NS.C6H12N2/c1-2-3-6-13(11-17)14-9-12-7-4-5-8-15(12)16-10-14;1-4-5(2)8-6(3)7/h2-11,17H,1H2;2,4H2,1,3H3,(H2,7,8)/b6-3+,13-11+;. The molecule has 0 saturated carbocycles. The number of amidine groups is 1. The van der Waals surface area contributed by atoms with E-state index in [1.54, 1.807) is 18.4 Å². The summed E-state index contributed by atoms with van der Waals surface area (Å²) in [4.78, 5) is 8.32. The summed E-state index contributed by atoms with van der Waals surface area (Å²) < 4.78 is 0. The molecule has 0 saturated heterocycles. The number of benzene rings is 1. The zero-order valence-corrected chi connectivity index (χ0v) is 15.7. The van der Waals surface area contributed by atoms with Crippen molar-refractivity contribution in [2.24, 2.45) is 10.7 Å². The maximum atomic E-state index is 5.26. The van der Waals surface area contributed by atoms with Crippen molar-refractivity contribution in [3.63, 3.8) is 0 Å². The maximum Gasteiger partial charge on any atom is 0.0960 e. The van der Waals surface area contributed by atoms with Crippen LogP contribution in [0.4, 0.5) is 0 Å². The van der Waals surface area contributed by atoms with Gasteiger partial charge in [0.1, 0.15) is 0 Å². The fourth-order valence-corrected chi connectivity index (χ4v) is 2.18. The van der Waals surface area contributed by atoms with E-state index in [2.05, 4.69) is 47.9 Å². The molecule has 0 amide bonds. The van der Waals surface area contributed by atoms with Crippen LogP contribution in [0, 0.1) is 0 Å². The molecule has 0 aliphatic heterocycles. The summed E-state index contributed by atoms with van der Waals surface area (Å²) in [7, 11) is 0. The number of nitrogens with two attached hydrogens (primary N) is 1. The van der Waals surface area contributed by atoms with Crippen LogP contribution < -0.4 is 5.73 Å². The van der Waals surface area contributed by atoms with E-state index in [4.69, 9.17) is 5.73 Å². The number of aliphatic imine (C=N–C) groups is 1. The van der Waals surface area contributed by atoms with Crippen molar-refractivity contribution >= 4 is 34.9 Å². The summed E-state index contributed by atoms with van der Waals surface area (Å²) in [5.41, 5.74) is 9.17. The van der Waals surface area contributed by atoms with Crippen molar-refractivity contribution in [1.82, 2.24) is 4.98 Å². The average Bonchev–Trinajstić information content (AvgIpc) is 2.62. The molecule has 0 unspecified atom stereocenters. The average molecular weight is 352 g/mol. The van der Waals surface area contributed by atoms with Crippen molar-refractivity contribution in [2.75, 3.05) is 0 Å². The van der Waals surface area contributed by atoms with Gasteiger partial charge in [0.25, 0.3) is 0 Å². The number of hydrogen-bond donors (Lipinski definition) is 2. The molecular formula is C21H25N3S. The van der Waals surface area contributed by atoms with Crippen LogP contribution in [-0.4, -0.2) is 10.8 Å². The van der Waals surface area contributed by atoms with E-state index in [9.17, 15) is 0 Å². The third-order valence-electron chi connectivity index (χ3n) is 3.22. The minimum atomic E-state index is 0.580. The summed E-state index contributed by atoms with van der Waals surface area (Å²) in [6, 6.07) is 10.2. The lowest BCUT2D eigenvalue weighted by atomic mass is 10.1. The Labute approximate surface area is 155 Å². The number of aromatic nitrogens is 1. The molecule has 0 spiro atoms. The smallest absolute Gasteiger partial charge is 0.0960 e. The first-order valence-corrected chi connectivity index (χ1v) is 8.50. The van der Waals surface area contributed by atoms with E-state index in [-0.39, 0.29) is 0 Å². The molecule has 2 N–H and O–H groups in total. The quantitative estimate of drug-likeness (QED) is 0.322. The first kappa shape index (κ1) is 20.5. The zero-order valence-electron chi connectivity index (χ0n) is 14.8. The van der Waals surface area contributed by atoms with Crippen LogP contribution in [0.2, 0.25) is 0 Å². The lowest BCUT2D eigenvalue weighted by molar-refractivity contribution is 1.07. The van der Waals surface area contributed by atoms with Crippen molar-refractivity contribution in [1.29, 1.82) is 0 Å². The number of thiol groups is 1. The molecule has 1 aromatic heterocycles. The van der Waals surface area contributed by atoms with Crippen molar-refractivity contribution < 1.29 is 0 Å². The minimum absolute atomic E-state index is 0.580. The predicted octanol–water partition coefficient (Wildman–Crippen LogP) is 5.53. The van der Waals surface area contributed by atoms with Gasteiger partial charge in [-0.2, -0.15) is 12.6 Å². The Morgan fingerprint density at radius 1 is 1.36 bits per heavy atom. The topological polar surface area (TPSA) is 51.3 Å². The molecule has 130 valence electrons. The highest BCUT2D eigenvalue weighted by atomic mass is 32.1. The maximum absolute atomic E-state index is 5.26. The van der Waals surface area contributed by atoms with Gasteiger partial charge < -0.3 is 5.73 Å². The van der Waals surface area contributed by atoms with E-state index in [0.717, 1.165) is 34.2 Å². The molecule has 0 atom stereocenters. The van der Waals surface area contributed by atoms with Gasteiger partial charge in [-0.25, -0.2) is 4.99 Å². The molecule has 0 aliphatic carbocycles. The SMILES string of the molecule is C=C(CC)N=C(C)N.C=C/C=C/C(=C\S)c1cnc2ccccc2c1. The molecule has 1 aromatic carbocycles. The zero-order chi connectivity index (χ0) is 18.7. The number of nitrogens with zero attached hydrogens (tertiary/aromatic N) is 2. The summed E-state index contributed by atoms with van der Waals surface area (Å²) in [6.45, 7) is 11.0. The van der Waals surface area contributed by atoms with Crippen molar-refractivity contribution in [3.8, 4) is 0 Å². The van der Waals surface area contributed by atoms with Crippen LogP contribution >= 0.6 is 12.6 Å². The largest absolute Gasteiger partial charge is 0.387 e.